The van der Waals surface area contributed by atoms with Gasteiger partial charge in [-0.05, 0) is 66.3 Å². The summed E-state index contributed by atoms with van der Waals surface area (Å²) >= 11 is 0. The van der Waals surface area contributed by atoms with Crippen LogP contribution in [0.4, 0.5) is 15.9 Å². The lowest BCUT2D eigenvalue weighted by Crippen LogP contribution is -2.18. The summed E-state index contributed by atoms with van der Waals surface area (Å²) in [5.74, 6) is -0.0116. The highest BCUT2D eigenvalue weighted by molar-refractivity contribution is 5.92. The van der Waals surface area contributed by atoms with Gasteiger partial charge in [0.05, 0.1) is 11.4 Å². The van der Waals surface area contributed by atoms with Gasteiger partial charge in [0.1, 0.15) is 11.5 Å². The van der Waals surface area contributed by atoms with Crippen molar-refractivity contribution in [2.45, 2.75) is 25.7 Å². The highest BCUT2D eigenvalue weighted by Crippen LogP contribution is 2.34. The van der Waals surface area contributed by atoms with E-state index in [1.54, 1.807) is 12.1 Å². The van der Waals surface area contributed by atoms with Crippen LogP contribution in [0.3, 0.4) is 0 Å². The van der Waals surface area contributed by atoms with Gasteiger partial charge in [0.25, 0.3) is 0 Å². The molecule has 35 heavy (non-hydrogen) atoms. The largest absolute Gasteiger partial charge is 0.399 e. The molecule has 1 amide bonds. The molecule has 0 fully saturated rings. The fourth-order valence-electron chi connectivity index (χ4n) is 4.23. The number of amides is 1. The highest BCUT2D eigenvalue weighted by atomic mass is 19.1. The molecule has 6 heteroatoms. The minimum Gasteiger partial charge on any atom is -0.399 e. The van der Waals surface area contributed by atoms with Crippen molar-refractivity contribution in [1.29, 1.82) is 0 Å². The zero-order valence-electron chi connectivity index (χ0n) is 19.2. The number of nitrogens with one attached hydrogen (secondary N) is 1. The van der Waals surface area contributed by atoms with E-state index in [0.717, 1.165) is 52.2 Å². The second-order valence-electron chi connectivity index (χ2n) is 8.59. The number of halogens is 1. The molecule has 3 aromatic carbocycles. The number of hydrogen-bond donors (Lipinski definition) is 2. The molecule has 1 heterocycles. The summed E-state index contributed by atoms with van der Waals surface area (Å²) < 4.78 is 13.2. The van der Waals surface area contributed by atoms with Crippen molar-refractivity contribution in [2.75, 3.05) is 11.1 Å². The zero-order valence-corrected chi connectivity index (χ0v) is 19.2. The Labute approximate surface area is 203 Å². The fourth-order valence-corrected chi connectivity index (χ4v) is 4.23. The average molecular weight is 465 g/mol. The molecule has 1 aliphatic carbocycles. The van der Waals surface area contributed by atoms with Gasteiger partial charge in [0, 0.05) is 17.7 Å². The van der Waals surface area contributed by atoms with E-state index in [2.05, 4.69) is 5.32 Å². The van der Waals surface area contributed by atoms with Gasteiger partial charge in [-0.25, -0.2) is 14.4 Å². The van der Waals surface area contributed by atoms with E-state index < -0.39 is 0 Å². The van der Waals surface area contributed by atoms with E-state index in [9.17, 15) is 9.18 Å². The Bertz CT molecular complexity index is 1400. The van der Waals surface area contributed by atoms with Crippen molar-refractivity contribution >= 4 is 29.6 Å². The number of nitrogen functional groups attached to an aromatic ring is 1. The smallest absolute Gasteiger partial charge is 0.225 e. The van der Waals surface area contributed by atoms with Crippen molar-refractivity contribution in [3.8, 4) is 11.3 Å². The van der Waals surface area contributed by atoms with Crippen LogP contribution in [0.1, 0.15) is 34.5 Å². The van der Waals surface area contributed by atoms with Crippen LogP contribution >= 0.6 is 0 Å². The minimum absolute atomic E-state index is 0.165. The Morgan fingerprint density at radius 3 is 2.57 bits per heavy atom. The predicted octanol–water partition coefficient (Wildman–Crippen LogP) is 5.71. The second kappa shape index (κ2) is 9.89. The Hall–Kier alpha value is -4.32. The fraction of sp³-hybridized carbons (Fsp3) is 0.138. The third kappa shape index (κ3) is 5.27. The normalized spacial score (nSPS) is 12.3. The van der Waals surface area contributed by atoms with Crippen molar-refractivity contribution in [1.82, 2.24) is 9.97 Å². The molecular weight excluding hydrogens is 439 g/mol. The van der Waals surface area contributed by atoms with E-state index in [1.807, 2.05) is 60.7 Å². The maximum absolute atomic E-state index is 13.2. The highest BCUT2D eigenvalue weighted by Gasteiger charge is 2.22. The van der Waals surface area contributed by atoms with Crippen molar-refractivity contribution in [3.63, 3.8) is 0 Å². The number of carbonyl (C=O) groups is 1. The summed E-state index contributed by atoms with van der Waals surface area (Å²) in [6, 6.07) is 22.0. The molecule has 0 atom stereocenters. The molecule has 0 bridgehead atoms. The topological polar surface area (TPSA) is 80.9 Å². The SMILES string of the molecule is Nc1ccc2c(c1)CCc1nc(NC(=O)CCc3ccc(F)cc3)c(/C=C/c3ccccc3)nc1-2. The summed E-state index contributed by atoms with van der Waals surface area (Å²) in [6.07, 6.45) is 6.14. The molecule has 174 valence electrons. The Morgan fingerprint density at radius 2 is 1.77 bits per heavy atom. The molecule has 5 rings (SSSR count). The number of aromatic nitrogens is 2. The molecule has 0 unspecified atom stereocenters. The lowest BCUT2D eigenvalue weighted by atomic mass is 9.91. The number of hydrogen-bond acceptors (Lipinski definition) is 4. The molecule has 0 radical (unpaired) electrons. The molecule has 0 spiro atoms. The number of carbonyl (C=O) groups excluding carboxylic acids is 1. The lowest BCUT2D eigenvalue weighted by molar-refractivity contribution is -0.116. The van der Waals surface area contributed by atoms with Gasteiger partial charge in [-0.15, -0.1) is 0 Å². The van der Waals surface area contributed by atoms with Crippen molar-refractivity contribution in [3.05, 3.63) is 107 Å². The molecule has 0 saturated carbocycles. The van der Waals surface area contributed by atoms with Crippen LogP contribution in [-0.4, -0.2) is 15.9 Å². The summed E-state index contributed by atoms with van der Waals surface area (Å²) in [5, 5.41) is 2.95. The van der Waals surface area contributed by atoms with Gasteiger partial charge >= 0.3 is 0 Å². The first-order chi connectivity index (χ1) is 17.0. The van der Waals surface area contributed by atoms with Gasteiger partial charge in [0.15, 0.2) is 5.82 Å². The number of fused-ring (bicyclic) bond motifs is 3. The summed E-state index contributed by atoms with van der Waals surface area (Å²) in [7, 11) is 0. The van der Waals surface area contributed by atoms with Gasteiger partial charge < -0.3 is 11.1 Å². The summed E-state index contributed by atoms with van der Waals surface area (Å²) in [6.45, 7) is 0. The minimum atomic E-state index is -0.290. The summed E-state index contributed by atoms with van der Waals surface area (Å²) in [4.78, 5) is 22.6. The molecule has 4 aromatic rings. The van der Waals surface area contributed by atoms with Gasteiger partial charge in [0.2, 0.25) is 5.91 Å². The maximum atomic E-state index is 13.2. The van der Waals surface area contributed by atoms with Crippen LogP contribution < -0.4 is 11.1 Å². The van der Waals surface area contributed by atoms with Gasteiger partial charge in [-0.1, -0.05) is 54.6 Å². The second-order valence-corrected chi connectivity index (χ2v) is 8.59. The van der Waals surface area contributed by atoms with E-state index in [4.69, 9.17) is 15.7 Å². The van der Waals surface area contributed by atoms with Gasteiger partial charge in [-0.3, -0.25) is 4.79 Å². The van der Waals surface area contributed by atoms with E-state index in [1.165, 1.54) is 12.1 Å². The van der Waals surface area contributed by atoms with Crippen LogP contribution in [0.5, 0.6) is 0 Å². The lowest BCUT2D eigenvalue weighted by Gasteiger charge is -2.20. The standard InChI is InChI=1S/C29H25FN4O/c30-22-11-6-20(7-12-22)9-17-27(35)34-29-26(15-8-19-4-2-1-3-5-19)32-28-24-14-13-23(31)18-21(24)10-16-25(28)33-29/h1-8,11-15,18H,9-10,16-17,31H2,(H,33,34,35)/b15-8+. The molecule has 3 N–H and O–H groups in total. The molecule has 1 aromatic heterocycles. The first kappa shape index (κ1) is 22.5. The third-order valence-electron chi connectivity index (χ3n) is 6.06. The van der Waals surface area contributed by atoms with Crippen LogP contribution in [0.15, 0.2) is 72.8 Å². The number of nitrogens with two attached hydrogens (primary N) is 1. The molecule has 0 saturated heterocycles. The quantitative estimate of drug-likeness (QED) is 0.359. The summed E-state index contributed by atoms with van der Waals surface area (Å²) in [5.41, 5.74) is 13.1. The first-order valence-electron chi connectivity index (χ1n) is 11.6. The number of nitrogens with zero attached hydrogens (tertiary/aromatic N) is 2. The van der Waals surface area contributed by atoms with Crippen molar-refractivity contribution < 1.29 is 9.18 Å². The monoisotopic (exact) mass is 464 g/mol. The number of aryl methyl sites for hydroxylation is 3. The van der Waals surface area contributed by atoms with Crippen LogP contribution in [0.2, 0.25) is 0 Å². The molecule has 0 aliphatic heterocycles. The van der Waals surface area contributed by atoms with Crippen LogP contribution in [0.25, 0.3) is 23.4 Å². The third-order valence-corrected chi connectivity index (χ3v) is 6.06. The van der Waals surface area contributed by atoms with Crippen LogP contribution in [0, 0.1) is 5.82 Å². The zero-order chi connectivity index (χ0) is 24.2. The van der Waals surface area contributed by atoms with E-state index >= 15 is 0 Å². The molecule has 1 aliphatic rings. The average Bonchev–Trinajstić information content (AvgIpc) is 2.87. The van der Waals surface area contributed by atoms with Gasteiger partial charge in [-0.2, -0.15) is 0 Å². The van der Waals surface area contributed by atoms with E-state index in [-0.39, 0.29) is 18.1 Å². The Balaban J connectivity index is 1.44. The molecular formula is C29H25FN4O. The number of rotatable bonds is 6. The van der Waals surface area contributed by atoms with E-state index in [0.29, 0.717) is 17.9 Å². The first-order valence-corrected chi connectivity index (χ1v) is 11.6. The predicted molar refractivity (Wildman–Crippen MR) is 138 cm³/mol. The Kier molecular flexibility index (Phi) is 6.35. The Morgan fingerprint density at radius 1 is 0.971 bits per heavy atom. The number of anilines is 2. The molecule has 5 nitrogen and oxygen atoms in total. The van der Waals surface area contributed by atoms with Crippen molar-refractivity contribution in [2.24, 2.45) is 0 Å². The van der Waals surface area contributed by atoms with Crippen LogP contribution in [-0.2, 0) is 24.1 Å². The maximum Gasteiger partial charge on any atom is 0.225 e. The number of benzene rings is 3.